The average molecular weight is 427 g/mol. The van der Waals surface area contributed by atoms with Crippen molar-refractivity contribution in [2.24, 2.45) is 0 Å². The molecule has 8 heteroatoms. The summed E-state index contributed by atoms with van der Waals surface area (Å²) in [5, 5.41) is 3.09. The minimum Gasteiger partial charge on any atom is -0.256 e. The maximum atomic E-state index is 12.8. The van der Waals surface area contributed by atoms with Crippen LogP contribution >= 0.6 is 24.4 Å². The average Bonchev–Trinajstić information content (AvgIpc) is 2.74. The number of rotatable bonds is 7. The quantitative estimate of drug-likeness (QED) is 0.534. The Balaban J connectivity index is 2.46. The lowest BCUT2D eigenvalue weighted by atomic mass is 9.97. The highest BCUT2D eigenvalue weighted by Gasteiger charge is 2.26. The summed E-state index contributed by atoms with van der Waals surface area (Å²) >= 11 is 10.1. The Labute approximate surface area is 174 Å². The van der Waals surface area contributed by atoms with Crippen molar-refractivity contribution in [1.82, 2.24) is 15.0 Å². The van der Waals surface area contributed by atoms with Gasteiger partial charge in [-0.1, -0.05) is 43.5 Å². The fourth-order valence-corrected chi connectivity index (χ4v) is 4.21. The molecule has 0 aliphatic rings. The molecule has 3 aromatic heterocycles. The van der Waals surface area contributed by atoms with Gasteiger partial charge in [0.05, 0.1) is 17.1 Å². The molecule has 0 unspecified atom stereocenters. The second kappa shape index (κ2) is 8.72. The number of nitrogens with zero attached hydrogens (tertiary/aromatic N) is 3. The van der Waals surface area contributed by atoms with Gasteiger partial charge >= 0.3 is 0 Å². The molecular formula is C20H16N3O2S3. The maximum Gasteiger partial charge on any atom is 0.181 e. The summed E-state index contributed by atoms with van der Waals surface area (Å²) in [5.41, 5.74) is 3.52. The van der Waals surface area contributed by atoms with Crippen LogP contribution in [0.25, 0.3) is 22.5 Å². The first kappa shape index (κ1) is 20.3. The summed E-state index contributed by atoms with van der Waals surface area (Å²) in [6.07, 6.45) is 7.92. The van der Waals surface area contributed by atoms with Crippen LogP contribution in [-0.2, 0) is 16.3 Å². The Kier molecular flexibility index (Phi) is 6.33. The van der Waals surface area contributed by atoms with Crippen LogP contribution in [0.5, 0.6) is 0 Å². The van der Waals surface area contributed by atoms with E-state index in [1.54, 1.807) is 43.0 Å². The van der Waals surface area contributed by atoms with Gasteiger partial charge in [0.1, 0.15) is 11.1 Å². The predicted octanol–water partition coefficient (Wildman–Crippen LogP) is 3.69. The van der Waals surface area contributed by atoms with Gasteiger partial charge in [-0.2, -0.15) is 0 Å². The van der Waals surface area contributed by atoms with E-state index in [9.17, 15) is 8.42 Å². The molecule has 1 radical (unpaired) electrons. The fourth-order valence-electron chi connectivity index (χ4n) is 2.84. The third-order valence-corrected chi connectivity index (χ3v) is 6.30. The van der Waals surface area contributed by atoms with Crippen molar-refractivity contribution in [3.63, 3.8) is 0 Å². The molecule has 0 aromatic carbocycles. The van der Waals surface area contributed by atoms with Gasteiger partial charge < -0.3 is 0 Å². The van der Waals surface area contributed by atoms with E-state index in [-0.39, 0.29) is 10.6 Å². The highest BCUT2D eigenvalue weighted by molar-refractivity contribution is 7.91. The summed E-state index contributed by atoms with van der Waals surface area (Å²) in [5.74, 6) is -0.0841. The third kappa shape index (κ3) is 3.89. The predicted molar refractivity (Wildman–Crippen MR) is 117 cm³/mol. The van der Waals surface area contributed by atoms with E-state index in [2.05, 4.69) is 21.1 Å². The molecule has 0 aliphatic heterocycles. The van der Waals surface area contributed by atoms with Crippen LogP contribution in [0.1, 0.15) is 18.1 Å². The summed E-state index contributed by atoms with van der Waals surface area (Å²) in [6.45, 7) is 1.58. The molecule has 0 N–H and O–H groups in total. The molecule has 141 valence electrons. The van der Waals surface area contributed by atoms with Crippen LogP contribution in [0, 0.1) is 6.20 Å². The lowest BCUT2D eigenvalue weighted by Gasteiger charge is -2.16. The maximum absolute atomic E-state index is 12.8. The van der Waals surface area contributed by atoms with Gasteiger partial charge in [0.2, 0.25) is 0 Å². The van der Waals surface area contributed by atoms with Gasteiger partial charge in [0.25, 0.3) is 0 Å². The van der Waals surface area contributed by atoms with Crippen LogP contribution in [0.3, 0.4) is 0 Å². The molecule has 0 saturated carbocycles. The van der Waals surface area contributed by atoms with Crippen molar-refractivity contribution in [1.29, 1.82) is 0 Å². The minimum atomic E-state index is -3.62. The van der Waals surface area contributed by atoms with Crippen molar-refractivity contribution >= 4 is 45.0 Å². The molecule has 3 aromatic rings. The molecule has 0 fully saturated rings. The second-order valence-electron chi connectivity index (χ2n) is 5.83. The molecule has 0 aliphatic carbocycles. The van der Waals surface area contributed by atoms with Crippen molar-refractivity contribution < 1.29 is 8.42 Å². The van der Waals surface area contributed by atoms with Gasteiger partial charge in [-0.15, -0.1) is 0 Å². The Hall–Kier alpha value is -2.42. The number of thiocarbonyl (C=S) groups is 2. The van der Waals surface area contributed by atoms with E-state index < -0.39 is 9.84 Å². The van der Waals surface area contributed by atoms with Crippen molar-refractivity contribution in [2.75, 3.05) is 5.75 Å². The Morgan fingerprint density at radius 1 is 1.11 bits per heavy atom. The zero-order chi connectivity index (χ0) is 20.1. The van der Waals surface area contributed by atoms with Crippen LogP contribution in [0.4, 0.5) is 0 Å². The van der Waals surface area contributed by atoms with Gasteiger partial charge in [-0.05, 0) is 23.1 Å². The molecule has 3 rings (SSSR count). The summed E-state index contributed by atoms with van der Waals surface area (Å²) < 4.78 is 25.7. The number of pyridine rings is 3. The number of aromatic nitrogens is 3. The standard InChI is InChI=1S/C20H16N3O2S3/c1-2-28(24,25)17-12-21-11-16(19-15(13-27)6-4-8-22-19)18(17)20-14(7-10-26)5-3-9-23-20/h3-6,8-11,13H,2,7H2,1H3. The number of hydrogen-bond donors (Lipinski definition) is 0. The van der Waals surface area contributed by atoms with E-state index in [0.717, 1.165) is 5.56 Å². The van der Waals surface area contributed by atoms with Gasteiger partial charge in [-0.25, -0.2) is 8.42 Å². The Bertz CT molecular complexity index is 1140. The van der Waals surface area contributed by atoms with E-state index in [1.807, 2.05) is 12.1 Å². The SMILES string of the molecule is CCS(=O)(=O)c1[c]ncc(-c2ncccc2C=S)c1-c1ncccc1CC=S. The second-order valence-corrected chi connectivity index (χ2v) is 8.62. The fraction of sp³-hybridized carbons (Fsp3) is 0.150. The first-order chi connectivity index (χ1) is 13.5. The van der Waals surface area contributed by atoms with Crippen LogP contribution in [-0.4, -0.2) is 39.9 Å². The van der Waals surface area contributed by atoms with Crippen LogP contribution < -0.4 is 0 Å². The monoisotopic (exact) mass is 426 g/mol. The third-order valence-electron chi connectivity index (χ3n) is 4.20. The highest BCUT2D eigenvalue weighted by atomic mass is 32.2. The first-order valence-corrected chi connectivity index (χ1v) is 11.0. The van der Waals surface area contributed by atoms with Gasteiger partial charge in [-0.3, -0.25) is 15.0 Å². The van der Waals surface area contributed by atoms with E-state index >= 15 is 0 Å². The van der Waals surface area contributed by atoms with Gasteiger partial charge in [0.15, 0.2) is 9.84 Å². The van der Waals surface area contributed by atoms with Crippen molar-refractivity contribution in [3.8, 4) is 22.5 Å². The van der Waals surface area contributed by atoms with Crippen LogP contribution in [0.2, 0.25) is 0 Å². The molecule has 0 bridgehead atoms. The zero-order valence-electron chi connectivity index (χ0n) is 15.0. The van der Waals surface area contributed by atoms with E-state index in [0.29, 0.717) is 34.5 Å². The molecule has 5 nitrogen and oxygen atoms in total. The Morgan fingerprint density at radius 2 is 1.82 bits per heavy atom. The normalized spacial score (nSPS) is 11.2. The Morgan fingerprint density at radius 3 is 2.50 bits per heavy atom. The van der Waals surface area contributed by atoms with Crippen LogP contribution in [0.15, 0.2) is 47.8 Å². The number of hydrogen-bond acceptors (Lipinski definition) is 7. The zero-order valence-corrected chi connectivity index (χ0v) is 17.4. The minimum absolute atomic E-state index is 0.00205. The molecule has 3 heterocycles. The lowest BCUT2D eigenvalue weighted by Crippen LogP contribution is -2.10. The molecule has 0 saturated heterocycles. The van der Waals surface area contributed by atoms with Crippen molar-refractivity contribution in [3.05, 3.63) is 60.2 Å². The van der Waals surface area contributed by atoms with E-state index in [1.165, 1.54) is 5.37 Å². The summed E-state index contributed by atoms with van der Waals surface area (Å²) in [4.78, 5) is 13.0. The smallest absolute Gasteiger partial charge is 0.181 e. The molecule has 0 amide bonds. The van der Waals surface area contributed by atoms with E-state index in [4.69, 9.17) is 24.4 Å². The largest absolute Gasteiger partial charge is 0.256 e. The van der Waals surface area contributed by atoms with Gasteiger partial charge in [0, 0.05) is 47.1 Å². The molecule has 0 atom stereocenters. The first-order valence-electron chi connectivity index (χ1n) is 8.45. The lowest BCUT2D eigenvalue weighted by molar-refractivity contribution is 0.597. The number of sulfone groups is 1. The topological polar surface area (TPSA) is 72.8 Å². The summed E-state index contributed by atoms with van der Waals surface area (Å²) in [7, 11) is -3.62. The molecule has 28 heavy (non-hydrogen) atoms. The van der Waals surface area contributed by atoms with Crippen molar-refractivity contribution in [2.45, 2.75) is 18.2 Å². The molecule has 0 spiro atoms. The highest BCUT2D eigenvalue weighted by Crippen LogP contribution is 2.37. The summed E-state index contributed by atoms with van der Waals surface area (Å²) in [6, 6.07) is 7.25. The molecular weight excluding hydrogens is 410 g/mol.